The van der Waals surface area contributed by atoms with Crippen molar-refractivity contribution in [1.82, 2.24) is 10.2 Å². The Bertz CT molecular complexity index is 1230. The predicted octanol–water partition coefficient (Wildman–Crippen LogP) is 3.09. The van der Waals surface area contributed by atoms with E-state index in [9.17, 15) is 24.0 Å². The second kappa shape index (κ2) is 15.0. The summed E-state index contributed by atoms with van der Waals surface area (Å²) in [4.78, 5) is 62.6. The molecular weight excluding hydrogens is 630 g/mol. The Morgan fingerprint density at radius 2 is 1.54 bits per heavy atom. The van der Waals surface area contributed by atoms with Gasteiger partial charge in [-0.05, 0) is 17.7 Å². The van der Waals surface area contributed by atoms with Crippen molar-refractivity contribution in [1.29, 1.82) is 0 Å². The maximum Gasteiger partial charge on any atom is 0.508 e. The van der Waals surface area contributed by atoms with Crippen molar-refractivity contribution >= 4 is 76.3 Å². The third-order valence-electron chi connectivity index (χ3n) is 5.09. The Kier molecular flexibility index (Phi) is 11.7. The molecule has 16 heteroatoms. The van der Waals surface area contributed by atoms with Crippen LogP contribution in [-0.2, 0) is 44.7 Å². The predicted molar refractivity (Wildman–Crippen MR) is 144 cm³/mol. The molecular formula is C25H22Cl4N2O10. The maximum absolute atomic E-state index is 12.9. The van der Waals surface area contributed by atoms with Gasteiger partial charge in [0.25, 0.3) is 11.8 Å². The Morgan fingerprint density at radius 1 is 0.902 bits per heavy atom. The number of nitrogens with zero attached hydrogens (tertiary/aromatic N) is 1. The maximum atomic E-state index is 12.9. The van der Waals surface area contributed by atoms with Gasteiger partial charge in [0.2, 0.25) is 15.5 Å². The summed E-state index contributed by atoms with van der Waals surface area (Å²) >= 11 is 22.6. The highest BCUT2D eigenvalue weighted by molar-refractivity contribution is 6.67. The van der Waals surface area contributed by atoms with Gasteiger partial charge < -0.3 is 29.0 Å². The molecule has 220 valence electrons. The summed E-state index contributed by atoms with van der Waals surface area (Å²) in [6.45, 7) is -2.26. The number of carbonyl (C=O) groups is 5. The largest absolute Gasteiger partial charge is 0.508 e. The van der Waals surface area contributed by atoms with Crippen LogP contribution in [0.2, 0.25) is 0 Å². The van der Waals surface area contributed by atoms with E-state index in [2.05, 4.69) is 14.8 Å². The molecule has 0 saturated carbocycles. The minimum Gasteiger partial charge on any atom is -0.484 e. The second-order valence-electron chi connectivity index (χ2n) is 8.14. The summed E-state index contributed by atoms with van der Waals surface area (Å²) < 4.78 is 22.9. The fourth-order valence-electron chi connectivity index (χ4n) is 3.25. The van der Waals surface area contributed by atoms with Crippen molar-refractivity contribution in [2.75, 3.05) is 19.8 Å². The van der Waals surface area contributed by atoms with Gasteiger partial charge in [-0.15, -0.1) is 0 Å². The van der Waals surface area contributed by atoms with Crippen LogP contribution in [0.3, 0.4) is 0 Å². The summed E-state index contributed by atoms with van der Waals surface area (Å²) in [5.74, 6) is -3.39. The molecule has 3 rings (SSSR count). The number of β-lactam (4-membered cyclic amide) rings is 1. The summed E-state index contributed by atoms with van der Waals surface area (Å²) in [5, 5.41) is 2.36. The lowest BCUT2D eigenvalue weighted by Crippen LogP contribution is -2.74. The van der Waals surface area contributed by atoms with Crippen LogP contribution in [0.5, 0.6) is 5.75 Å². The van der Waals surface area contributed by atoms with Gasteiger partial charge in [0, 0.05) is 0 Å². The molecule has 0 radical (unpaired) electrons. The van der Waals surface area contributed by atoms with Gasteiger partial charge in [0.05, 0.1) is 0 Å². The van der Waals surface area contributed by atoms with Crippen molar-refractivity contribution < 1.29 is 47.7 Å². The fraction of sp³-hybridized carbons (Fsp3) is 0.320. The molecule has 1 unspecified atom stereocenters. The molecule has 1 N–H and O–H groups in total. The first kappa shape index (κ1) is 32.1. The quantitative estimate of drug-likeness (QED) is 0.119. The fourth-order valence-corrected chi connectivity index (χ4v) is 3.68. The van der Waals surface area contributed by atoms with Crippen molar-refractivity contribution in [3.05, 3.63) is 66.2 Å². The highest BCUT2D eigenvalue weighted by Crippen LogP contribution is 2.28. The molecule has 0 aromatic heterocycles. The number of alkyl halides is 4. The third kappa shape index (κ3) is 10.2. The smallest absolute Gasteiger partial charge is 0.484 e. The minimum atomic E-state index is -1.91. The minimum absolute atomic E-state index is 0.142. The molecule has 1 fully saturated rings. The van der Waals surface area contributed by atoms with Gasteiger partial charge in [0.15, 0.2) is 19.3 Å². The van der Waals surface area contributed by atoms with Gasteiger partial charge in [0.1, 0.15) is 19.0 Å². The number of hydrogen-bond donors (Lipinski definition) is 1. The number of hydrogen-bond acceptors (Lipinski definition) is 10. The number of para-hydroxylation sites is 1. The molecule has 0 bridgehead atoms. The number of carbonyl (C=O) groups excluding carboxylic acids is 5. The van der Waals surface area contributed by atoms with Gasteiger partial charge >= 0.3 is 18.1 Å². The number of nitrogens with one attached hydrogen (secondary N) is 1. The lowest BCUT2D eigenvalue weighted by molar-refractivity contribution is -0.199. The molecule has 3 atom stereocenters. The Balaban J connectivity index is 1.61. The first-order chi connectivity index (χ1) is 19.4. The zero-order chi connectivity index (χ0) is 30.0. The SMILES string of the molecule is O=C(COc1ccccc1)N[C@@H]1C(=O)N(C(Cl)C(=O)OCc2ccccc2)[C@@H]1OC(=O)COC(=O)OCC(Cl)(Cl)Cl. The molecule has 41 heavy (non-hydrogen) atoms. The average Bonchev–Trinajstić information content (AvgIpc) is 2.95. The molecule has 2 aromatic rings. The van der Waals surface area contributed by atoms with E-state index < -0.39 is 71.3 Å². The van der Waals surface area contributed by atoms with Crippen LogP contribution in [0.25, 0.3) is 0 Å². The monoisotopic (exact) mass is 650 g/mol. The van der Waals surface area contributed by atoms with Crippen LogP contribution < -0.4 is 10.1 Å². The topological polar surface area (TPSA) is 147 Å². The van der Waals surface area contributed by atoms with Crippen LogP contribution >= 0.6 is 46.4 Å². The molecule has 1 saturated heterocycles. The van der Waals surface area contributed by atoms with E-state index in [0.29, 0.717) is 16.2 Å². The number of ether oxygens (including phenoxy) is 5. The first-order valence-corrected chi connectivity index (χ1v) is 13.2. The van der Waals surface area contributed by atoms with Gasteiger partial charge in [-0.1, -0.05) is 94.9 Å². The lowest BCUT2D eigenvalue weighted by Gasteiger charge is -2.46. The summed E-state index contributed by atoms with van der Waals surface area (Å²) in [7, 11) is 0. The zero-order valence-electron chi connectivity index (χ0n) is 20.9. The van der Waals surface area contributed by atoms with Crippen LogP contribution in [0.1, 0.15) is 5.56 Å². The van der Waals surface area contributed by atoms with Crippen molar-refractivity contribution in [3.63, 3.8) is 0 Å². The Hall–Kier alpha value is -3.45. The number of halogens is 4. The Morgan fingerprint density at radius 3 is 2.17 bits per heavy atom. The highest BCUT2D eigenvalue weighted by Gasteiger charge is 2.55. The van der Waals surface area contributed by atoms with E-state index in [-0.39, 0.29) is 6.61 Å². The molecule has 1 aliphatic heterocycles. The van der Waals surface area contributed by atoms with E-state index >= 15 is 0 Å². The van der Waals surface area contributed by atoms with Crippen LogP contribution in [0.4, 0.5) is 4.79 Å². The lowest BCUT2D eigenvalue weighted by atomic mass is 10.0. The van der Waals surface area contributed by atoms with Crippen LogP contribution in [0.15, 0.2) is 60.7 Å². The highest BCUT2D eigenvalue weighted by atomic mass is 35.6. The van der Waals surface area contributed by atoms with Crippen molar-refractivity contribution in [2.24, 2.45) is 0 Å². The summed E-state index contributed by atoms with van der Waals surface area (Å²) in [6.07, 6.45) is -2.92. The van der Waals surface area contributed by atoms with E-state index in [1.807, 2.05) is 0 Å². The van der Waals surface area contributed by atoms with E-state index in [4.69, 9.17) is 60.6 Å². The van der Waals surface area contributed by atoms with E-state index in [0.717, 1.165) is 0 Å². The molecule has 2 amide bonds. The normalized spacial score (nSPS) is 17.0. The number of benzene rings is 2. The number of likely N-dealkylation sites (tertiary alicyclic amines) is 1. The number of esters is 2. The van der Waals surface area contributed by atoms with Gasteiger partial charge in [-0.3, -0.25) is 14.5 Å². The zero-order valence-corrected chi connectivity index (χ0v) is 23.9. The standard InChI is InChI=1S/C25H22Cl4N2O10/c26-20(23(35)38-11-15-7-3-1-4-8-15)31-21(34)19(30-17(32)12-37-16-9-5-2-6-10-16)22(31)41-18(33)13-39-24(36)40-14-25(27,28)29/h1-10,19-20,22H,11-14H2,(H,30,32)/t19-,20?,22-/m1/s1. The number of amides is 2. The van der Waals surface area contributed by atoms with E-state index in [1.165, 1.54) is 0 Å². The molecule has 12 nitrogen and oxygen atoms in total. The van der Waals surface area contributed by atoms with Crippen molar-refractivity contribution in [2.45, 2.75) is 28.2 Å². The summed E-state index contributed by atoms with van der Waals surface area (Å²) in [6, 6.07) is 15.6. The number of rotatable bonds is 12. The molecule has 0 spiro atoms. The third-order valence-corrected chi connectivity index (χ3v) is 5.80. The molecule has 1 aliphatic rings. The van der Waals surface area contributed by atoms with Crippen LogP contribution in [-0.4, -0.2) is 76.2 Å². The molecule has 0 aliphatic carbocycles. The van der Waals surface area contributed by atoms with E-state index in [1.54, 1.807) is 60.7 Å². The molecule has 2 aromatic carbocycles. The van der Waals surface area contributed by atoms with Gasteiger partial charge in [-0.25, -0.2) is 14.4 Å². The molecule has 1 heterocycles. The van der Waals surface area contributed by atoms with Crippen molar-refractivity contribution in [3.8, 4) is 5.75 Å². The van der Waals surface area contributed by atoms with Crippen LogP contribution in [0, 0.1) is 0 Å². The summed E-state index contributed by atoms with van der Waals surface area (Å²) in [5.41, 5.74) is -1.07. The van der Waals surface area contributed by atoms with Gasteiger partial charge in [-0.2, -0.15) is 0 Å². The average molecular weight is 652 g/mol. The first-order valence-electron chi connectivity index (χ1n) is 11.6. The Labute approximate surface area is 253 Å². The second-order valence-corrected chi connectivity index (χ2v) is 11.1.